The zero-order valence-electron chi connectivity index (χ0n) is 16.2. The second kappa shape index (κ2) is 9.66. The average molecular weight is 408 g/mol. The number of nitrogens with one attached hydrogen (secondary N) is 1. The largest absolute Gasteiger partial charge is 0.492 e. The third-order valence-corrected chi connectivity index (χ3v) is 5.18. The van der Waals surface area contributed by atoms with E-state index in [4.69, 9.17) is 4.74 Å². The van der Waals surface area contributed by atoms with Crippen LogP contribution in [0.2, 0.25) is 0 Å². The van der Waals surface area contributed by atoms with E-state index in [-0.39, 0.29) is 25.3 Å². The van der Waals surface area contributed by atoms with Crippen molar-refractivity contribution in [2.75, 3.05) is 26.0 Å². The zero-order valence-corrected chi connectivity index (χ0v) is 17.1. The van der Waals surface area contributed by atoms with Crippen molar-refractivity contribution in [2.24, 2.45) is 0 Å². The molecule has 152 valence electrons. The summed E-state index contributed by atoms with van der Waals surface area (Å²) in [6, 6.07) is 11.7. The molecule has 6 nitrogen and oxygen atoms in total. The molecule has 0 fully saturated rings. The molecule has 1 N–H and O–H groups in total. The number of ether oxygens (including phenoxy) is 1. The fourth-order valence-electron chi connectivity index (χ4n) is 2.70. The molecule has 0 saturated carbocycles. The minimum absolute atomic E-state index is 0.207. The molecule has 0 aromatic heterocycles. The first-order chi connectivity index (χ1) is 13.1. The van der Waals surface area contributed by atoms with Crippen LogP contribution in [0.25, 0.3) is 0 Å². The normalized spacial score (nSPS) is 11.5. The van der Waals surface area contributed by atoms with Crippen molar-refractivity contribution in [3.8, 4) is 5.75 Å². The average Bonchev–Trinajstić information content (AvgIpc) is 2.58. The van der Waals surface area contributed by atoms with Gasteiger partial charge in [0, 0.05) is 12.1 Å². The Labute approximate surface area is 165 Å². The summed E-state index contributed by atoms with van der Waals surface area (Å²) in [5.41, 5.74) is 2.37. The molecule has 0 heterocycles. The number of carbonyl (C=O) groups is 1. The second-order valence-corrected chi connectivity index (χ2v) is 8.63. The van der Waals surface area contributed by atoms with Gasteiger partial charge in [-0.05, 0) is 43.2 Å². The van der Waals surface area contributed by atoms with Gasteiger partial charge in [-0.3, -0.25) is 4.79 Å². The van der Waals surface area contributed by atoms with Crippen molar-refractivity contribution >= 4 is 15.9 Å². The minimum atomic E-state index is -3.68. The summed E-state index contributed by atoms with van der Waals surface area (Å²) in [7, 11) is -3.68. The fraction of sp³-hybridized carbons (Fsp3) is 0.350. The number of hydrogen-bond acceptors (Lipinski definition) is 4. The summed E-state index contributed by atoms with van der Waals surface area (Å²) >= 11 is 0. The number of rotatable bonds is 9. The molecule has 1 amide bonds. The van der Waals surface area contributed by atoms with E-state index in [9.17, 15) is 17.6 Å². The first-order valence-electron chi connectivity index (χ1n) is 8.81. The van der Waals surface area contributed by atoms with Gasteiger partial charge in [-0.1, -0.05) is 24.3 Å². The number of aryl methyl sites for hydroxylation is 2. The Kier molecular flexibility index (Phi) is 7.53. The Morgan fingerprint density at radius 1 is 1.14 bits per heavy atom. The van der Waals surface area contributed by atoms with Crippen molar-refractivity contribution in [1.82, 2.24) is 9.62 Å². The zero-order chi connectivity index (χ0) is 20.7. The third-order valence-electron chi connectivity index (χ3n) is 3.98. The predicted octanol–water partition coefficient (Wildman–Crippen LogP) is 2.40. The van der Waals surface area contributed by atoms with Gasteiger partial charge in [-0.25, -0.2) is 12.8 Å². The minimum Gasteiger partial charge on any atom is -0.492 e. The summed E-state index contributed by atoms with van der Waals surface area (Å²) in [4.78, 5) is 12.1. The molecular formula is C20H25FN2O4S. The summed E-state index contributed by atoms with van der Waals surface area (Å²) in [6.07, 6.45) is 0.990. The summed E-state index contributed by atoms with van der Waals surface area (Å²) in [6.45, 7) is 3.81. The van der Waals surface area contributed by atoms with Crippen LogP contribution < -0.4 is 10.1 Å². The topological polar surface area (TPSA) is 75.7 Å². The van der Waals surface area contributed by atoms with Crippen molar-refractivity contribution in [3.63, 3.8) is 0 Å². The van der Waals surface area contributed by atoms with Gasteiger partial charge in [0.2, 0.25) is 15.9 Å². The quantitative estimate of drug-likeness (QED) is 0.647. The van der Waals surface area contributed by atoms with Crippen molar-refractivity contribution < 1.29 is 22.3 Å². The fourth-order valence-corrected chi connectivity index (χ4v) is 3.42. The van der Waals surface area contributed by atoms with Crippen molar-refractivity contribution in [1.29, 1.82) is 0 Å². The number of halogens is 1. The maximum absolute atomic E-state index is 13.8. The van der Waals surface area contributed by atoms with E-state index >= 15 is 0 Å². The van der Waals surface area contributed by atoms with Gasteiger partial charge in [0.1, 0.15) is 18.2 Å². The third kappa shape index (κ3) is 6.94. The highest BCUT2D eigenvalue weighted by atomic mass is 32.2. The Balaban J connectivity index is 1.87. The highest BCUT2D eigenvalue weighted by Crippen LogP contribution is 2.16. The molecule has 0 aliphatic rings. The van der Waals surface area contributed by atoms with Crippen LogP contribution in [-0.2, 0) is 21.4 Å². The highest BCUT2D eigenvalue weighted by Gasteiger charge is 2.21. The summed E-state index contributed by atoms with van der Waals surface area (Å²) in [5, 5.41) is 2.62. The Morgan fingerprint density at radius 3 is 2.39 bits per heavy atom. The summed E-state index contributed by atoms with van der Waals surface area (Å²) in [5.74, 6) is -0.284. The molecule has 0 spiro atoms. The van der Waals surface area contributed by atoms with Crippen LogP contribution in [0.4, 0.5) is 4.39 Å². The lowest BCUT2D eigenvalue weighted by molar-refractivity contribution is -0.121. The van der Waals surface area contributed by atoms with Gasteiger partial charge in [0.25, 0.3) is 0 Å². The molecule has 0 aliphatic carbocycles. The van der Waals surface area contributed by atoms with E-state index < -0.39 is 28.3 Å². The highest BCUT2D eigenvalue weighted by molar-refractivity contribution is 7.88. The lowest BCUT2D eigenvalue weighted by Crippen LogP contribution is -2.41. The van der Waals surface area contributed by atoms with Crippen LogP contribution in [0.1, 0.15) is 16.7 Å². The van der Waals surface area contributed by atoms with E-state index in [1.165, 1.54) is 18.2 Å². The molecule has 0 atom stereocenters. The SMILES string of the molecule is Cc1cc(C)cc(OCCNC(=O)CN(Cc2ccccc2F)S(C)(=O)=O)c1. The monoisotopic (exact) mass is 408 g/mol. The molecule has 0 unspecified atom stereocenters. The van der Waals surface area contributed by atoms with E-state index in [1.54, 1.807) is 6.07 Å². The smallest absolute Gasteiger partial charge is 0.235 e. The van der Waals surface area contributed by atoms with Gasteiger partial charge in [0.05, 0.1) is 19.3 Å². The van der Waals surface area contributed by atoms with Gasteiger partial charge >= 0.3 is 0 Å². The lowest BCUT2D eigenvalue weighted by atomic mass is 10.1. The first kappa shape index (κ1) is 21.8. The number of hydrogen-bond donors (Lipinski definition) is 1. The van der Waals surface area contributed by atoms with Crippen LogP contribution in [-0.4, -0.2) is 44.6 Å². The molecule has 0 bridgehead atoms. The number of amides is 1. The molecule has 2 rings (SSSR count). The number of benzene rings is 2. The van der Waals surface area contributed by atoms with Crippen LogP contribution in [0, 0.1) is 19.7 Å². The number of carbonyl (C=O) groups excluding carboxylic acids is 1. The van der Waals surface area contributed by atoms with E-state index in [2.05, 4.69) is 5.32 Å². The molecular weight excluding hydrogens is 383 g/mol. The Morgan fingerprint density at radius 2 is 1.79 bits per heavy atom. The molecule has 0 radical (unpaired) electrons. The predicted molar refractivity (Wildman–Crippen MR) is 106 cm³/mol. The van der Waals surface area contributed by atoms with Gasteiger partial charge < -0.3 is 10.1 Å². The Bertz CT molecular complexity index is 911. The van der Waals surface area contributed by atoms with Gasteiger partial charge in [-0.2, -0.15) is 4.31 Å². The molecule has 8 heteroatoms. The lowest BCUT2D eigenvalue weighted by Gasteiger charge is -2.20. The molecule has 0 saturated heterocycles. The van der Waals surface area contributed by atoms with E-state index in [0.29, 0.717) is 5.75 Å². The standard InChI is InChI=1S/C20H25FN2O4S/c1-15-10-16(2)12-18(11-15)27-9-8-22-20(24)14-23(28(3,25)26)13-17-6-4-5-7-19(17)21/h4-7,10-12H,8-9,13-14H2,1-3H3,(H,22,24). The molecule has 0 aliphatic heterocycles. The van der Waals surface area contributed by atoms with Crippen molar-refractivity contribution in [2.45, 2.75) is 20.4 Å². The van der Waals surface area contributed by atoms with E-state index in [1.807, 2.05) is 32.0 Å². The maximum atomic E-state index is 13.8. The number of sulfonamides is 1. The molecule has 28 heavy (non-hydrogen) atoms. The van der Waals surface area contributed by atoms with Crippen molar-refractivity contribution in [3.05, 3.63) is 65.0 Å². The summed E-state index contributed by atoms with van der Waals surface area (Å²) < 4.78 is 44.3. The molecule has 2 aromatic carbocycles. The van der Waals surface area contributed by atoms with Crippen LogP contribution in [0.3, 0.4) is 0 Å². The van der Waals surface area contributed by atoms with Crippen LogP contribution >= 0.6 is 0 Å². The van der Waals surface area contributed by atoms with E-state index in [0.717, 1.165) is 21.7 Å². The molecule has 2 aromatic rings. The first-order valence-corrected chi connectivity index (χ1v) is 10.7. The van der Waals surface area contributed by atoms with Gasteiger partial charge in [-0.15, -0.1) is 0 Å². The number of nitrogens with zero attached hydrogens (tertiary/aromatic N) is 1. The van der Waals surface area contributed by atoms with Crippen LogP contribution in [0.15, 0.2) is 42.5 Å². The second-order valence-electron chi connectivity index (χ2n) is 6.64. The Hall–Kier alpha value is -2.45. The maximum Gasteiger partial charge on any atom is 0.235 e. The van der Waals surface area contributed by atoms with Gasteiger partial charge in [0.15, 0.2) is 0 Å². The van der Waals surface area contributed by atoms with Crippen LogP contribution in [0.5, 0.6) is 5.75 Å².